The van der Waals surface area contributed by atoms with Crippen molar-refractivity contribution in [3.8, 4) is 6.07 Å². The second-order valence-electron chi connectivity index (χ2n) is 5.17. The third kappa shape index (κ3) is 2.95. The van der Waals surface area contributed by atoms with E-state index in [4.69, 9.17) is 16.9 Å². The first-order chi connectivity index (χ1) is 9.61. The average molecular weight is 292 g/mol. The van der Waals surface area contributed by atoms with Crippen molar-refractivity contribution in [3.63, 3.8) is 0 Å². The number of nitrogens with zero attached hydrogens (tertiary/aromatic N) is 1. The van der Waals surface area contributed by atoms with Crippen molar-refractivity contribution in [2.24, 2.45) is 5.41 Å². The van der Waals surface area contributed by atoms with E-state index in [1.807, 2.05) is 13.0 Å². The van der Waals surface area contributed by atoms with Gasteiger partial charge in [-0.1, -0.05) is 18.5 Å². The van der Waals surface area contributed by atoms with Crippen LogP contribution in [-0.2, 0) is 4.79 Å². The van der Waals surface area contributed by atoms with Gasteiger partial charge < -0.3 is 10.6 Å². The van der Waals surface area contributed by atoms with Gasteiger partial charge in [-0.2, -0.15) is 5.26 Å². The van der Waals surface area contributed by atoms with Crippen molar-refractivity contribution in [1.29, 1.82) is 5.26 Å². The number of halogens is 1. The molecule has 1 unspecified atom stereocenters. The monoisotopic (exact) mass is 291 g/mol. The minimum Gasteiger partial charge on any atom is -0.324 e. The summed E-state index contributed by atoms with van der Waals surface area (Å²) >= 11 is 6.09. The lowest BCUT2D eigenvalue weighted by molar-refractivity contribution is -0.126. The second-order valence-corrected chi connectivity index (χ2v) is 5.58. The summed E-state index contributed by atoms with van der Waals surface area (Å²) in [5, 5.41) is 15.5. The molecule has 5 heteroatoms. The van der Waals surface area contributed by atoms with Crippen molar-refractivity contribution >= 4 is 23.2 Å². The first-order valence-corrected chi connectivity index (χ1v) is 7.21. The summed E-state index contributed by atoms with van der Waals surface area (Å²) in [5.41, 5.74) is 0.607. The third-order valence-electron chi connectivity index (χ3n) is 3.97. The summed E-state index contributed by atoms with van der Waals surface area (Å²) < 4.78 is 0. The SMILES string of the molecule is CCC1(C(=O)Nc2cc(C#N)ccc2Cl)CCCNC1. The van der Waals surface area contributed by atoms with E-state index >= 15 is 0 Å². The van der Waals surface area contributed by atoms with Crippen LogP contribution in [0.1, 0.15) is 31.7 Å². The number of carbonyl (C=O) groups excluding carboxylic acids is 1. The zero-order valence-corrected chi connectivity index (χ0v) is 12.3. The number of anilines is 1. The van der Waals surface area contributed by atoms with Gasteiger partial charge in [0, 0.05) is 6.54 Å². The van der Waals surface area contributed by atoms with Gasteiger partial charge in [-0.3, -0.25) is 4.79 Å². The van der Waals surface area contributed by atoms with Crippen LogP contribution in [0, 0.1) is 16.7 Å². The smallest absolute Gasteiger partial charge is 0.231 e. The fourth-order valence-electron chi connectivity index (χ4n) is 2.57. The van der Waals surface area contributed by atoms with E-state index in [1.165, 1.54) is 0 Å². The van der Waals surface area contributed by atoms with Crippen molar-refractivity contribution < 1.29 is 4.79 Å². The molecule has 1 aromatic carbocycles. The molecule has 2 rings (SSSR count). The molecule has 0 saturated carbocycles. The Balaban J connectivity index is 2.20. The molecule has 0 aromatic heterocycles. The normalized spacial score (nSPS) is 22.1. The van der Waals surface area contributed by atoms with Gasteiger partial charge in [0.05, 0.1) is 27.8 Å². The molecule has 4 nitrogen and oxygen atoms in total. The van der Waals surface area contributed by atoms with Crippen LogP contribution in [0.25, 0.3) is 0 Å². The molecular formula is C15H18ClN3O. The van der Waals surface area contributed by atoms with Crippen molar-refractivity contribution in [2.75, 3.05) is 18.4 Å². The summed E-state index contributed by atoms with van der Waals surface area (Å²) in [6.45, 7) is 3.67. The highest BCUT2D eigenvalue weighted by Crippen LogP contribution is 2.33. The van der Waals surface area contributed by atoms with E-state index in [1.54, 1.807) is 18.2 Å². The molecule has 0 radical (unpaired) electrons. The van der Waals surface area contributed by atoms with Crippen LogP contribution in [0.3, 0.4) is 0 Å². The Bertz CT molecular complexity index is 545. The predicted molar refractivity (Wildman–Crippen MR) is 79.6 cm³/mol. The van der Waals surface area contributed by atoms with E-state index < -0.39 is 0 Å². The number of amides is 1. The van der Waals surface area contributed by atoms with Crippen molar-refractivity contribution in [2.45, 2.75) is 26.2 Å². The van der Waals surface area contributed by atoms with E-state index in [0.29, 0.717) is 22.8 Å². The highest BCUT2D eigenvalue weighted by molar-refractivity contribution is 6.33. The topological polar surface area (TPSA) is 64.9 Å². The summed E-state index contributed by atoms with van der Waals surface area (Å²) in [6.07, 6.45) is 2.65. The Morgan fingerprint density at radius 2 is 2.40 bits per heavy atom. The van der Waals surface area contributed by atoms with Gasteiger partial charge in [-0.25, -0.2) is 0 Å². The molecule has 0 bridgehead atoms. The van der Waals surface area contributed by atoms with Crippen LogP contribution < -0.4 is 10.6 Å². The van der Waals surface area contributed by atoms with Crippen molar-refractivity contribution in [3.05, 3.63) is 28.8 Å². The number of carbonyl (C=O) groups is 1. The molecule has 1 aromatic rings. The van der Waals surface area contributed by atoms with Crippen LogP contribution in [-0.4, -0.2) is 19.0 Å². The standard InChI is InChI=1S/C15H18ClN3O/c1-2-15(6-3-7-18-10-15)14(20)19-13-8-11(9-17)4-5-12(13)16/h4-5,8,18H,2-3,6-7,10H2,1H3,(H,19,20). The zero-order valence-electron chi connectivity index (χ0n) is 11.5. The quantitative estimate of drug-likeness (QED) is 0.900. The Labute approximate surface area is 124 Å². The lowest BCUT2D eigenvalue weighted by Crippen LogP contribution is -2.47. The molecule has 1 amide bonds. The Morgan fingerprint density at radius 1 is 1.60 bits per heavy atom. The van der Waals surface area contributed by atoms with Crippen LogP contribution in [0.4, 0.5) is 5.69 Å². The molecule has 2 N–H and O–H groups in total. The van der Waals surface area contributed by atoms with Crippen LogP contribution >= 0.6 is 11.6 Å². The molecule has 1 aliphatic heterocycles. The maximum Gasteiger partial charge on any atom is 0.231 e. The van der Waals surface area contributed by atoms with Gasteiger partial charge in [0.2, 0.25) is 5.91 Å². The molecule has 1 heterocycles. The molecule has 1 fully saturated rings. The minimum atomic E-state index is -0.385. The first-order valence-electron chi connectivity index (χ1n) is 6.83. The highest BCUT2D eigenvalue weighted by Gasteiger charge is 2.37. The van der Waals surface area contributed by atoms with Crippen molar-refractivity contribution in [1.82, 2.24) is 5.32 Å². The number of hydrogen-bond acceptors (Lipinski definition) is 3. The van der Waals surface area contributed by atoms with Gasteiger partial charge in [-0.05, 0) is 44.0 Å². The van der Waals surface area contributed by atoms with Gasteiger partial charge in [-0.15, -0.1) is 0 Å². The van der Waals surface area contributed by atoms with Crippen LogP contribution in [0.15, 0.2) is 18.2 Å². The fraction of sp³-hybridized carbons (Fsp3) is 0.467. The highest BCUT2D eigenvalue weighted by atomic mass is 35.5. The van der Waals surface area contributed by atoms with E-state index in [0.717, 1.165) is 25.8 Å². The second kappa shape index (κ2) is 6.25. The third-order valence-corrected chi connectivity index (χ3v) is 4.30. The van der Waals surface area contributed by atoms with E-state index in [-0.39, 0.29) is 11.3 Å². The van der Waals surface area contributed by atoms with Gasteiger partial charge in [0.15, 0.2) is 0 Å². The van der Waals surface area contributed by atoms with E-state index in [2.05, 4.69) is 10.6 Å². The van der Waals surface area contributed by atoms with Gasteiger partial charge in [0.1, 0.15) is 0 Å². The molecule has 0 aliphatic carbocycles. The molecule has 1 atom stereocenters. The Morgan fingerprint density at radius 3 is 3.00 bits per heavy atom. The molecule has 1 aliphatic rings. The predicted octanol–water partition coefficient (Wildman–Crippen LogP) is 2.93. The number of rotatable bonds is 3. The van der Waals surface area contributed by atoms with Gasteiger partial charge in [0.25, 0.3) is 0 Å². The largest absolute Gasteiger partial charge is 0.324 e. The van der Waals surface area contributed by atoms with Crippen LogP contribution in [0.5, 0.6) is 0 Å². The Hall–Kier alpha value is -1.57. The average Bonchev–Trinajstić information content (AvgIpc) is 2.50. The number of nitrogens with one attached hydrogen (secondary N) is 2. The molecule has 0 spiro atoms. The first kappa shape index (κ1) is 14.8. The van der Waals surface area contributed by atoms with Gasteiger partial charge >= 0.3 is 0 Å². The molecule has 1 saturated heterocycles. The van der Waals surface area contributed by atoms with Crippen LogP contribution in [0.2, 0.25) is 5.02 Å². The molecule has 106 valence electrons. The summed E-state index contributed by atoms with van der Waals surface area (Å²) in [5.74, 6) is -0.0239. The molecular weight excluding hydrogens is 274 g/mol. The van der Waals surface area contributed by atoms with E-state index in [9.17, 15) is 4.79 Å². The summed E-state index contributed by atoms with van der Waals surface area (Å²) in [6, 6.07) is 6.93. The summed E-state index contributed by atoms with van der Waals surface area (Å²) in [7, 11) is 0. The number of nitriles is 1. The maximum atomic E-state index is 12.6. The zero-order chi connectivity index (χ0) is 14.6. The number of piperidine rings is 1. The summed E-state index contributed by atoms with van der Waals surface area (Å²) in [4.78, 5) is 12.6. The fourth-order valence-corrected chi connectivity index (χ4v) is 2.73. The molecule has 20 heavy (non-hydrogen) atoms. The number of hydrogen-bond donors (Lipinski definition) is 2. The lowest BCUT2D eigenvalue weighted by Gasteiger charge is -2.35. The Kier molecular flexibility index (Phi) is 4.64. The number of benzene rings is 1. The minimum absolute atomic E-state index is 0.0239. The lowest BCUT2D eigenvalue weighted by atomic mass is 9.77. The maximum absolute atomic E-state index is 12.6.